The van der Waals surface area contributed by atoms with Gasteiger partial charge in [-0.2, -0.15) is 0 Å². The van der Waals surface area contributed by atoms with Crippen molar-refractivity contribution in [1.29, 1.82) is 0 Å². The molecule has 118 valence electrons. The van der Waals surface area contributed by atoms with Gasteiger partial charge in [0, 0.05) is 24.6 Å². The molecular formula is C17H30N4. The maximum Gasteiger partial charge on any atom is 0.138 e. The second-order valence-electron chi connectivity index (χ2n) is 8.35. The third-order valence-electron chi connectivity index (χ3n) is 4.45. The summed E-state index contributed by atoms with van der Waals surface area (Å²) in [5.74, 6) is 3.17. The molecule has 4 nitrogen and oxygen atoms in total. The van der Waals surface area contributed by atoms with E-state index >= 15 is 0 Å². The van der Waals surface area contributed by atoms with Gasteiger partial charge in [-0.05, 0) is 24.2 Å². The fourth-order valence-electron chi connectivity index (χ4n) is 2.92. The molecule has 0 atom stereocenters. The SMILES string of the molecule is CC(C)(C)c1nc(N)cc(N2CCC(C(C)(C)C)CC2)n1. The molecule has 21 heavy (non-hydrogen) atoms. The van der Waals surface area contributed by atoms with Gasteiger partial charge in [0.25, 0.3) is 0 Å². The molecule has 1 aliphatic heterocycles. The number of hydrogen-bond acceptors (Lipinski definition) is 4. The Balaban J connectivity index is 2.16. The monoisotopic (exact) mass is 290 g/mol. The van der Waals surface area contributed by atoms with E-state index in [-0.39, 0.29) is 5.41 Å². The second-order valence-corrected chi connectivity index (χ2v) is 8.35. The summed E-state index contributed by atoms with van der Waals surface area (Å²) in [6.07, 6.45) is 2.44. The maximum absolute atomic E-state index is 5.98. The van der Waals surface area contributed by atoms with Gasteiger partial charge < -0.3 is 10.6 Å². The van der Waals surface area contributed by atoms with E-state index in [2.05, 4.69) is 51.4 Å². The van der Waals surface area contributed by atoms with Crippen molar-refractivity contribution >= 4 is 11.6 Å². The van der Waals surface area contributed by atoms with E-state index in [1.165, 1.54) is 12.8 Å². The predicted octanol–water partition coefficient (Wildman–Crippen LogP) is 3.62. The lowest BCUT2D eigenvalue weighted by molar-refractivity contribution is 0.198. The van der Waals surface area contributed by atoms with Crippen LogP contribution in [0.2, 0.25) is 0 Å². The number of nitrogens with two attached hydrogens (primary N) is 1. The highest BCUT2D eigenvalue weighted by Gasteiger charge is 2.29. The summed E-state index contributed by atoms with van der Waals surface area (Å²) < 4.78 is 0. The lowest BCUT2D eigenvalue weighted by Crippen LogP contribution is -2.38. The molecule has 1 aromatic rings. The van der Waals surface area contributed by atoms with Gasteiger partial charge in [0.1, 0.15) is 17.5 Å². The largest absolute Gasteiger partial charge is 0.384 e. The first kappa shape index (κ1) is 16.1. The third-order valence-corrected chi connectivity index (χ3v) is 4.45. The summed E-state index contributed by atoms with van der Waals surface area (Å²) >= 11 is 0. The third kappa shape index (κ3) is 3.86. The summed E-state index contributed by atoms with van der Waals surface area (Å²) in [7, 11) is 0. The molecule has 0 bridgehead atoms. The first-order chi connectivity index (χ1) is 9.57. The number of aromatic nitrogens is 2. The van der Waals surface area contributed by atoms with Crippen LogP contribution < -0.4 is 10.6 Å². The highest BCUT2D eigenvalue weighted by atomic mass is 15.2. The number of nitrogens with zero attached hydrogens (tertiary/aromatic N) is 3. The minimum absolute atomic E-state index is 0.0755. The lowest BCUT2D eigenvalue weighted by Gasteiger charge is -2.39. The van der Waals surface area contributed by atoms with E-state index in [1.54, 1.807) is 0 Å². The van der Waals surface area contributed by atoms with Gasteiger partial charge in [-0.3, -0.25) is 0 Å². The molecule has 1 aromatic heterocycles. The highest BCUT2D eigenvalue weighted by Crippen LogP contribution is 2.35. The summed E-state index contributed by atoms with van der Waals surface area (Å²) in [6, 6.07) is 1.91. The number of hydrogen-bond donors (Lipinski definition) is 1. The fourth-order valence-corrected chi connectivity index (χ4v) is 2.92. The van der Waals surface area contributed by atoms with Crippen LogP contribution in [0.3, 0.4) is 0 Å². The van der Waals surface area contributed by atoms with Crippen LogP contribution in [0.5, 0.6) is 0 Å². The van der Waals surface area contributed by atoms with Gasteiger partial charge in [0.2, 0.25) is 0 Å². The normalized spacial score (nSPS) is 18.1. The molecule has 2 rings (SSSR count). The van der Waals surface area contributed by atoms with Crippen molar-refractivity contribution in [2.24, 2.45) is 11.3 Å². The Morgan fingerprint density at radius 1 is 1.05 bits per heavy atom. The zero-order chi connectivity index (χ0) is 15.8. The van der Waals surface area contributed by atoms with Crippen LogP contribution in [-0.2, 0) is 5.41 Å². The molecule has 2 heterocycles. The Hall–Kier alpha value is -1.32. The van der Waals surface area contributed by atoms with Gasteiger partial charge >= 0.3 is 0 Å². The van der Waals surface area contributed by atoms with E-state index in [1.807, 2.05) is 6.07 Å². The Morgan fingerprint density at radius 2 is 1.62 bits per heavy atom. The van der Waals surface area contributed by atoms with Crippen LogP contribution in [0, 0.1) is 11.3 Å². The van der Waals surface area contributed by atoms with Crippen molar-refractivity contribution in [2.45, 2.75) is 59.8 Å². The quantitative estimate of drug-likeness (QED) is 0.858. The molecule has 1 saturated heterocycles. The van der Waals surface area contributed by atoms with Crippen LogP contribution in [-0.4, -0.2) is 23.1 Å². The average Bonchev–Trinajstić information content (AvgIpc) is 2.36. The zero-order valence-electron chi connectivity index (χ0n) is 14.4. The summed E-state index contributed by atoms with van der Waals surface area (Å²) in [4.78, 5) is 11.5. The molecule has 0 spiro atoms. The number of anilines is 2. The molecule has 0 radical (unpaired) electrons. The molecule has 0 amide bonds. The number of piperidine rings is 1. The summed E-state index contributed by atoms with van der Waals surface area (Å²) in [5, 5.41) is 0. The summed E-state index contributed by atoms with van der Waals surface area (Å²) in [5.41, 5.74) is 6.30. The van der Waals surface area contributed by atoms with Gasteiger partial charge in [0.05, 0.1) is 0 Å². The van der Waals surface area contributed by atoms with Crippen LogP contribution >= 0.6 is 0 Å². The molecule has 0 aliphatic carbocycles. The van der Waals surface area contributed by atoms with E-state index in [9.17, 15) is 0 Å². The van der Waals surface area contributed by atoms with Gasteiger partial charge in [-0.15, -0.1) is 0 Å². The minimum atomic E-state index is -0.0755. The molecular weight excluding hydrogens is 260 g/mol. The highest BCUT2D eigenvalue weighted by molar-refractivity contribution is 5.48. The summed E-state index contributed by atoms with van der Waals surface area (Å²) in [6.45, 7) is 15.5. The Kier molecular flexibility index (Phi) is 4.18. The zero-order valence-corrected chi connectivity index (χ0v) is 14.4. The minimum Gasteiger partial charge on any atom is -0.384 e. The Labute approximate surface area is 129 Å². The standard InChI is InChI=1S/C17H30N4/c1-16(2,3)12-7-9-21(10-8-12)14-11-13(18)19-15(20-14)17(4,5)6/h11-12H,7-10H2,1-6H3,(H2,18,19,20). The van der Waals surface area contributed by atoms with Gasteiger partial charge in [0.15, 0.2) is 0 Å². The second kappa shape index (κ2) is 5.47. The van der Waals surface area contributed by atoms with E-state index < -0.39 is 0 Å². The van der Waals surface area contributed by atoms with E-state index in [0.29, 0.717) is 11.2 Å². The van der Waals surface area contributed by atoms with E-state index in [0.717, 1.165) is 30.6 Å². The molecule has 2 N–H and O–H groups in total. The first-order valence-corrected chi connectivity index (χ1v) is 7.97. The predicted molar refractivity (Wildman–Crippen MR) is 89.5 cm³/mol. The van der Waals surface area contributed by atoms with Crippen LogP contribution in [0.15, 0.2) is 6.07 Å². The first-order valence-electron chi connectivity index (χ1n) is 7.97. The van der Waals surface area contributed by atoms with Crippen LogP contribution in [0.4, 0.5) is 11.6 Å². The van der Waals surface area contributed by atoms with Crippen LogP contribution in [0.25, 0.3) is 0 Å². The van der Waals surface area contributed by atoms with Gasteiger partial charge in [-0.25, -0.2) is 9.97 Å². The van der Waals surface area contributed by atoms with Crippen LogP contribution in [0.1, 0.15) is 60.2 Å². The van der Waals surface area contributed by atoms with Crippen molar-refractivity contribution in [2.75, 3.05) is 23.7 Å². The molecule has 1 aliphatic rings. The van der Waals surface area contributed by atoms with Crippen molar-refractivity contribution in [3.8, 4) is 0 Å². The lowest BCUT2D eigenvalue weighted by atomic mass is 9.75. The molecule has 0 unspecified atom stereocenters. The average molecular weight is 290 g/mol. The molecule has 1 fully saturated rings. The Morgan fingerprint density at radius 3 is 2.10 bits per heavy atom. The Bertz CT molecular complexity index is 488. The van der Waals surface area contributed by atoms with Crippen molar-refractivity contribution in [1.82, 2.24) is 9.97 Å². The topological polar surface area (TPSA) is 55.0 Å². The number of nitrogen functional groups attached to an aromatic ring is 1. The molecule has 0 aromatic carbocycles. The van der Waals surface area contributed by atoms with E-state index in [4.69, 9.17) is 10.7 Å². The number of rotatable bonds is 1. The molecule has 0 saturated carbocycles. The van der Waals surface area contributed by atoms with Crippen molar-refractivity contribution in [3.05, 3.63) is 11.9 Å². The van der Waals surface area contributed by atoms with Crippen molar-refractivity contribution < 1.29 is 0 Å². The van der Waals surface area contributed by atoms with Crippen molar-refractivity contribution in [3.63, 3.8) is 0 Å². The van der Waals surface area contributed by atoms with Gasteiger partial charge in [-0.1, -0.05) is 41.5 Å². The smallest absolute Gasteiger partial charge is 0.138 e. The fraction of sp³-hybridized carbons (Fsp3) is 0.765. The molecule has 4 heteroatoms. The maximum atomic E-state index is 5.98.